The lowest BCUT2D eigenvalue weighted by molar-refractivity contribution is 0.590. The molecule has 0 amide bonds. The fourth-order valence-electron chi connectivity index (χ4n) is 11.2. The predicted octanol–water partition coefficient (Wildman–Crippen LogP) is 20.7. The highest BCUT2D eigenvalue weighted by atomic mass is 32.1. The van der Waals surface area contributed by atoms with E-state index < -0.39 is 0 Å². The summed E-state index contributed by atoms with van der Waals surface area (Å²) in [4.78, 5) is 4.84. The van der Waals surface area contributed by atoms with Gasteiger partial charge in [0.1, 0.15) is 22.3 Å². The molecule has 3 heterocycles. The smallest absolute Gasteiger partial charge is 0.135 e. The van der Waals surface area contributed by atoms with Crippen molar-refractivity contribution in [2.45, 2.75) is 46.0 Å². The Kier molecular flexibility index (Phi) is 9.49. The lowest BCUT2D eigenvalue weighted by atomic mass is 9.87. The first-order chi connectivity index (χ1) is 35.1. The molecule has 11 aromatic carbocycles. The number of hydrogen-bond acceptors (Lipinski definition) is 5. The molecule has 0 aliphatic carbocycles. The summed E-state index contributed by atoms with van der Waals surface area (Å²) in [5.41, 5.74) is 12.9. The molecular formula is C67H50N2O2S. The van der Waals surface area contributed by atoms with E-state index in [0.717, 1.165) is 78.0 Å². The zero-order chi connectivity index (χ0) is 48.4. The highest BCUT2D eigenvalue weighted by molar-refractivity contribution is 7.26. The Balaban J connectivity index is 0.966. The molecule has 0 bridgehead atoms. The van der Waals surface area contributed by atoms with Crippen LogP contribution in [0.25, 0.3) is 96.4 Å². The molecule has 3 aromatic heterocycles. The first-order valence-corrected chi connectivity index (χ1v) is 25.8. The first kappa shape index (κ1) is 42.5. The quantitative estimate of drug-likeness (QED) is 0.149. The van der Waals surface area contributed by atoms with Crippen molar-refractivity contribution < 1.29 is 8.83 Å². The summed E-state index contributed by atoms with van der Waals surface area (Å²) < 4.78 is 15.2. The third kappa shape index (κ3) is 6.72. The Hall–Kier alpha value is -8.38. The molecule has 72 heavy (non-hydrogen) atoms. The van der Waals surface area contributed by atoms with Crippen LogP contribution in [-0.2, 0) is 5.41 Å². The fraction of sp³-hybridized carbons (Fsp3) is 0.104. The van der Waals surface area contributed by atoms with Crippen LogP contribution < -0.4 is 9.80 Å². The highest BCUT2D eigenvalue weighted by Crippen LogP contribution is 2.49. The summed E-state index contributed by atoms with van der Waals surface area (Å²) in [7, 11) is 0. The van der Waals surface area contributed by atoms with Crippen LogP contribution in [0.5, 0.6) is 0 Å². The topological polar surface area (TPSA) is 32.8 Å². The summed E-state index contributed by atoms with van der Waals surface area (Å²) in [6.07, 6.45) is 0. The van der Waals surface area contributed by atoms with Crippen LogP contribution in [-0.4, -0.2) is 0 Å². The normalized spacial score (nSPS) is 12.4. The van der Waals surface area contributed by atoms with E-state index >= 15 is 0 Å². The van der Waals surface area contributed by atoms with Gasteiger partial charge < -0.3 is 18.6 Å². The molecule has 0 N–H and O–H groups in total. The van der Waals surface area contributed by atoms with Gasteiger partial charge in [0.2, 0.25) is 0 Å². The van der Waals surface area contributed by atoms with Gasteiger partial charge in [-0.25, -0.2) is 0 Å². The minimum Gasteiger partial charge on any atom is -0.456 e. The second-order valence-electron chi connectivity index (χ2n) is 20.7. The van der Waals surface area contributed by atoms with Crippen LogP contribution in [0.15, 0.2) is 215 Å². The Bertz CT molecular complexity index is 4470. The molecule has 0 aliphatic rings. The van der Waals surface area contributed by atoms with Gasteiger partial charge in [-0.05, 0) is 158 Å². The summed E-state index contributed by atoms with van der Waals surface area (Å²) in [5.74, 6) is 0.434. The average molecular weight is 947 g/mol. The van der Waals surface area contributed by atoms with Crippen molar-refractivity contribution in [3.8, 4) is 0 Å². The Morgan fingerprint density at radius 3 is 1.43 bits per heavy atom. The maximum absolute atomic E-state index is 6.32. The lowest BCUT2D eigenvalue weighted by Crippen LogP contribution is -2.13. The number of nitrogens with zero attached hydrogens (tertiary/aromatic N) is 2. The lowest BCUT2D eigenvalue weighted by Gasteiger charge is -2.27. The van der Waals surface area contributed by atoms with E-state index in [-0.39, 0.29) is 5.41 Å². The molecule has 0 fully saturated rings. The van der Waals surface area contributed by atoms with Crippen LogP contribution in [0.3, 0.4) is 0 Å². The van der Waals surface area contributed by atoms with E-state index in [1.165, 1.54) is 63.6 Å². The standard InChI is InChI=1S/C67H50N2O2S/c1-40(2)41-21-25-44(26-22-41)69(47-31-34-64-58(37-47)52-16-9-11-20-62(52)71-64)60-18-12-17-53-59-38-55-49-14-7-6-13-48(49)54-35-45(29-32-50(54)56(55)39-65(59)72-66(53)60)68(43-27-23-42(24-28-43)67(3,4)5)46-30-33-63-57(36-46)51-15-8-10-19-61(51)70-63/h6-40H,1-5H3. The number of anilines is 6. The molecule has 0 saturated heterocycles. The SMILES string of the molecule is CC(C)c1ccc(N(c2ccc3oc4ccccc4c3c2)c2cccc3c2sc2cc4c5ccc(N(c6ccc(C(C)(C)C)cc6)c6ccc7oc8ccccc8c7c6)cc5c5ccccc5c4cc23)cc1. The molecule has 346 valence electrons. The molecular weight excluding hydrogens is 897 g/mol. The zero-order valence-corrected chi connectivity index (χ0v) is 41.6. The second kappa shape index (κ2) is 16.1. The monoisotopic (exact) mass is 946 g/mol. The van der Waals surface area contributed by atoms with Gasteiger partial charge in [0.15, 0.2) is 0 Å². The van der Waals surface area contributed by atoms with E-state index in [4.69, 9.17) is 8.83 Å². The second-order valence-corrected chi connectivity index (χ2v) is 21.7. The van der Waals surface area contributed by atoms with E-state index in [2.05, 4.69) is 232 Å². The van der Waals surface area contributed by atoms with Crippen LogP contribution in [0.2, 0.25) is 0 Å². The van der Waals surface area contributed by atoms with Crippen LogP contribution >= 0.6 is 11.3 Å². The number of para-hydroxylation sites is 2. The highest BCUT2D eigenvalue weighted by Gasteiger charge is 2.23. The van der Waals surface area contributed by atoms with Crippen molar-refractivity contribution >= 4 is 142 Å². The number of fused-ring (bicyclic) bond motifs is 15. The average Bonchev–Trinajstić information content (AvgIpc) is 4.10. The maximum atomic E-state index is 6.32. The Morgan fingerprint density at radius 2 is 0.819 bits per heavy atom. The van der Waals surface area contributed by atoms with Crippen molar-refractivity contribution in [3.63, 3.8) is 0 Å². The molecule has 5 heteroatoms. The minimum absolute atomic E-state index is 0.0343. The number of furan rings is 2. The molecule has 0 radical (unpaired) electrons. The summed E-state index contributed by atoms with van der Waals surface area (Å²) in [6, 6.07) is 75.8. The molecule has 0 aliphatic heterocycles. The number of rotatable bonds is 7. The fourth-order valence-corrected chi connectivity index (χ4v) is 12.5. The van der Waals surface area contributed by atoms with E-state index in [1.807, 2.05) is 29.5 Å². The van der Waals surface area contributed by atoms with Gasteiger partial charge in [-0.1, -0.05) is 138 Å². The molecule has 0 spiro atoms. The Morgan fingerprint density at radius 1 is 0.361 bits per heavy atom. The van der Waals surface area contributed by atoms with Crippen LogP contribution in [0.4, 0.5) is 34.1 Å². The van der Waals surface area contributed by atoms with E-state index in [9.17, 15) is 0 Å². The third-order valence-corrected chi connectivity index (χ3v) is 16.2. The first-order valence-electron chi connectivity index (χ1n) is 25.0. The molecule has 0 saturated carbocycles. The Labute approximate surface area is 421 Å². The van der Waals surface area contributed by atoms with Crippen molar-refractivity contribution in [2.75, 3.05) is 9.80 Å². The van der Waals surface area contributed by atoms with Gasteiger partial charge in [-0.3, -0.25) is 0 Å². The van der Waals surface area contributed by atoms with Gasteiger partial charge in [0, 0.05) is 65.5 Å². The van der Waals surface area contributed by atoms with Gasteiger partial charge >= 0.3 is 0 Å². The molecule has 0 atom stereocenters. The number of hydrogen-bond donors (Lipinski definition) is 0. The van der Waals surface area contributed by atoms with Gasteiger partial charge in [0.05, 0.1) is 10.4 Å². The third-order valence-electron chi connectivity index (χ3n) is 15.0. The van der Waals surface area contributed by atoms with Gasteiger partial charge in [-0.2, -0.15) is 0 Å². The molecule has 14 rings (SSSR count). The van der Waals surface area contributed by atoms with Gasteiger partial charge in [0.25, 0.3) is 0 Å². The predicted molar refractivity (Wildman–Crippen MR) is 309 cm³/mol. The van der Waals surface area contributed by atoms with E-state index in [1.54, 1.807) is 0 Å². The molecule has 0 unspecified atom stereocenters. The van der Waals surface area contributed by atoms with E-state index in [0.29, 0.717) is 5.92 Å². The number of thiophene rings is 1. The largest absolute Gasteiger partial charge is 0.456 e. The van der Waals surface area contributed by atoms with Crippen molar-refractivity contribution in [1.29, 1.82) is 0 Å². The van der Waals surface area contributed by atoms with Crippen LogP contribution in [0.1, 0.15) is 51.7 Å². The van der Waals surface area contributed by atoms with Crippen LogP contribution in [0, 0.1) is 0 Å². The van der Waals surface area contributed by atoms with Crippen molar-refractivity contribution in [1.82, 2.24) is 0 Å². The van der Waals surface area contributed by atoms with Crippen molar-refractivity contribution in [3.05, 3.63) is 217 Å². The number of benzene rings is 11. The summed E-state index contributed by atoms with van der Waals surface area (Å²) in [6.45, 7) is 11.3. The maximum Gasteiger partial charge on any atom is 0.135 e. The summed E-state index contributed by atoms with van der Waals surface area (Å²) in [5, 5.41) is 14.4. The van der Waals surface area contributed by atoms with Crippen molar-refractivity contribution in [2.24, 2.45) is 0 Å². The summed E-state index contributed by atoms with van der Waals surface area (Å²) >= 11 is 1.88. The van der Waals surface area contributed by atoms with Gasteiger partial charge in [-0.15, -0.1) is 11.3 Å². The molecule has 4 nitrogen and oxygen atoms in total. The minimum atomic E-state index is 0.0343. The molecule has 14 aromatic rings. The zero-order valence-electron chi connectivity index (χ0n) is 40.8.